The smallest absolute Gasteiger partial charge is 0.158 e. The van der Waals surface area contributed by atoms with Crippen molar-refractivity contribution in [3.8, 4) is 0 Å². The summed E-state index contributed by atoms with van der Waals surface area (Å²) in [6, 6.07) is 1.91. The fourth-order valence-electron chi connectivity index (χ4n) is 1.40. The molecule has 102 valence electrons. The lowest BCUT2D eigenvalue weighted by Crippen LogP contribution is -2.13. The van der Waals surface area contributed by atoms with E-state index in [4.69, 9.17) is 4.74 Å². The van der Waals surface area contributed by atoms with Crippen LogP contribution in [0.3, 0.4) is 0 Å². The van der Waals surface area contributed by atoms with Crippen LogP contribution in [0.2, 0.25) is 0 Å². The summed E-state index contributed by atoms with van der Waals surface area (Å²) in [7, 11) is 1.85. The van der Waals surface area contributed by atoms with Gasteiger partial charge < -0.3 is 15.4 Å². The highest BCUT2D eigenvalue weighted by Gasteiger charge is 2.05. The molecule has 0 fully saturated rings. The van der Waals surface area contributed by atoms with Crippen LogP contribution >= 0.6 is 0 Å². The van der Waals surface area contributed by atoms with Crippen molar-refractivity contribution in [3.63, 3.8) is 0 Å². The molecule has 0 aliphatic heterocycles. The second kappa shape index (κ2) is 7.87. The first-order chi connectivity index (χ1) is 8.69. The average molecular weight is 252 g/mol. The van der Waals surface area contributed by atoms with Crippen molar-refractivity contribution in [1.82, 2.24) is 9.97 Å². The summed E-state index contributed by atoms with van der Waals surface area (Å²) in [6.45, 7) is 8.40. The molecule has 5 nitrogen and oxygen atoms in total. The standard InChI is InChI=1S/C13H24N4O/c1-5-10(3)8-15-12-7-11(14-4)16-13(17-12)9-18-6-2/h7,10H,5-6,8-9H2,1-4H3,(H2,14,15,16,17). The Morgan fingerprint density at radius 3 is 2.61 bits per heavy atom. The van der Waals surface area contributed by atoms with E-state index in [1.54, 1.807) is 0 Å². The molecule has 2 N–H and O–H groups in total. The van der Waals surface area contributed by atoms with E-state index in [2.05, 4.69) is 34.4 Å². The van der Waals surface area contributed by atoms with Crippen molar-refractivity contribution in [3.05, 3.63) is 11.9 Å². The van der Waals surface area contributed by atoms with Gasteiger partial charge in [0, 0.05) is 26.3 Å². The van der Waals surface area contributed by atoms with Crippen LogP contribution in [0.5, 0.6) is 0 Å². The summed E-state index contributed by atoms with van der Waals surface area (Å²) in [5.41, 5.74) is 0. The molecule has 0 aromatic carbocycles. The minimum Gasteiger partial charge on any atom is -0.374 e. The second-order valence-electron chi connectivity index (χ2n) is 4.34. The van der Waals surface area contributed by atoms with Gasteiger partial charge in [-0.25, -0.2) is 9.97 Å². The maximum Gasteiger partial charge on any atom is 0.158 e. The van der Waals surface area contributed by atoms with E-state index < -0.39 is 0 Å². The van der Waals surface area contributed by atoms with Crippen LogP contribution in [0.25, 0.3) is 0 Å². The molecule has 0 radical (unpaired) electrons. The first kappa shape index (κ1) is 14.7. The largest absolute Gasteiger partial charge is 0.374 e. The van der Waals surface area contributed by atoms with Gasteiger partial charge >= 0.3 is 0 Å². The number of aromatic nitrogens is 2. The van der Waals surface area contributed by atoms with Crippen molar-refractivity contribution >= 4 is 11.6 Å². The number of nitrogens with zero attached hydrogens (tertiary/aromatic N) is 2. The molecular formula is C13H24N4O. The van der Waals surface area contributed by atoms with Gasteiger partial charge in [-0.1, -0.05) is 20.3 Å². The van der Waals surface area contributed by atoms with E-state index in [1.807, 2.05) is 20.0 Å². The number of anilines is 2. The van der Waals surface area contributed by atoms with Gasteiger partial charge in [-0.15, -0.1) is 0 Å². The van der Waals surface area contributed by atoms with Gasteiger partial charge in [-0.3, -0.25) is 0 Å². The van der Waals surface area contributed by atoms with Gasteiger partial charge in [0.2, 0.25) is 0 Å². The van der Waals surface area contributed by atoms with Crippen LogP contribution in [0.1, 0.15) is 33.0 Å². The zero-order chi connectivity index (χ0) is 13.4. The fraction of sp³-hybridized carbons (Fsp3) is 0.692. The van der Waals surface area contributed by atoms with E-state index in [0.717, 1.165) is 24.6 Å². The van der Waals surface area contributed by atoms with Gasteiger partial charge in [-0.05, 0) is 12.8 Å². The summed E-state index contributed by atoms with van der Waals surface area (Å²) < 4.78 is 5.34. The van der Waals surface area contributed by atoms with Gasteiger partial charge in [-0.2, -0.15) is 0 Å². The van der Waals surface area contributed by atoms with E-state index in [0.29, 0.717) is 25.0 Å². The van der Waals surface area contributed by atoms with Crippen molar-refractivity contribution in [1.29, 1.82) is 0 Å². The normalized spacial score (nSPS) is 12.2. The van der Waals surface area contributed by atoms with Gasteiger partial charge in [0.25, 0.3) is 0 Å². The van der Waals surface area contributed by atoms with Crippen molar-refractivity contribution in [2.45, 2.75) is 33.8 Å². The van der Waals surface area contributed by atoms with E-state index in [-0.39, 0.29) is 0 Å². The maximum absolute atomic E-state index is 5.34. The number of nitrogens with one attached hydrogen (secondary N) is 2. The molecule has 0 aliphatic rings. The monoisotopic (exact) mass is 252 g/mol. The molecule has 0 spiro atoms. The molecule has 0 amide bonds. The molecule has 1 heterocycles. The lowest BCUT2D eigenvalue weighted by atomic mass is 10.1. The van der Waals surface area contributed by atoms with E-state index in [9.17, 15) is 0 Å². The molecule has 1 unspecified atom stereocenters. The molecule has 0 aliphatic carbocycles. The first-order valence-electron chi connectivity index (χ1n) is 6.56. The van der Waals surface area contributed by atoms with Crippen LogP contribution in [0.4, 0.5) is 11.6 Å². The molecular weight excluding hydrogens is 228 g/mol. The third-order valence-corrected chi connectivity index (χ3v) is 2.79. The number of hydrogen-bond acceptors (Lipinski definition) is 5. The quantitative estimate of drug-likeness (QED) is 0.744. The summed E-state index contributed by atoms with van der Waals surface area (Å²) in [5.74, 6) is 3.00. The van der Waals surface area contributed by atoms with Crippen LogP contribution in [0.15, 0.2) is 6.07 Å². The van der Waals surface area contributed by atoms with Crippen molar-refractivity contribution < 1.29 is 4.74 Å². The average Bonchev–Trinajstić information content (AvgIpc) is 2.42. The SMILES string of the molecule is CCOCc1nc(NC)cc(NCC(C)CC)n1. The Kier molecular flexibility index (Phi) is 6.43. The molecule has 1 atom stereocenters. The maximum atomic E-state index is 5.34. The van der Waals surface area contributed by atoms with Crippen LogP contribution in [-0.4, -0.2) is 30.2 Å². The van der Waals surface area contributed by atoms with Gasteiger partial charge in [0.1, 0.15) is 18.2 Å². The number of ether oxygens (including phenoxy) is 1. The Hall–Kier alpha value is -1.36. The number of rotatable bonds is 8. The van der Waals surface area contributed by atoms with Crippen LogP contribution < -0.4 is 10.6 Å². The van der Waals surface area contributed by atoms with Gasteiger partial charge in [0.15, 0.2) is 5.82 Å². The molecule has 0 bridgehead atoms. The van der Waals surface area contributed by atoms with Crippen LogP contribution in [-0.2, 0) is 11.3 Å². The number of hydrogen-bond donors (Lipinski definition) is 2. The lowest BCUT2D eigenvalue weighted by molar-refractivity contribution is 0.128. The first-order valence-corrected chi connectivity index (χ1v) is 6.56. The summed E-state index contributed by atoms with van der Waals surface area (Å²) >= 11 is 0. The summed E-state index contributed by atoms with van der Waals surface area (Å²) in [4.78, 5) is 8.79. The Morgan fingerprint density at radius 2 is 2.00 bits per heavy atom. The Bertz CT molecular complexity index is 357. The van der Waals surface area contributed by atoms with Crippen LogP contribution in [0, 0.1) is 5.92 Å². The van der Waals surface area contributed by atoms with Crippen molar-refractivity contribution in [2.24, 2.45) is 5.92 Å². The Labute approximate surface area is 109 Å². The highest BCUT2D eigenvalue weighted by atomic mass is 16.5. The minimum absolute atomic E-state index is 0.448. The summed E-state index contributed by atoms with van der Waals surface area (Å²) in [6.07, 6.45) is 1.16. The molecule has 18 heavy (non-hydrogen) atoms. The fourth-order valence-corrected chi connectivity index (χ4v) is 1.40. The highest BCUT2D eigenvalue weighted by Crippen LogP contribution is 2.12. The predicted molar refractivity (Wildman–Crippen MR) is 74.9 cm³/mol. The highest BCUT2D eigenvalue weighted by molar-refractivity contribution is 5.47. The second-order valence-corrected chi connectivity index (χ2v) is 4.34. The third kappa shape index (κ3) is 4.87. The topological polar surface area (TPSA) is 59.1 Å². The predicted octanol–water partition coefficient (Wildman–Crippen LogP) is 2.51. The van der Waals surface area contributed by atoms with Gasteiger partial charge in [0.05, 0.1) is 0 Å². The Morgan fingerprint density at radius 1 is 1.28 bits per heavy atom. The molecule has 5 heteroatoms. The Balaban J connectivity index is 2.70. The third-order valence-electron chi connectivity index (χ3n) is 2.79. The summed E-state index contributed by atoms with van der Waals surface area (Å²) in [5, 5.41) is 6.38. The molecule has 1 aromatic heterocycles. The lowest BCUT2D eigenvalue weighted by Gasteiger charge is -2.12. The van der Waals surface area contributed by atoms with E-state index >= 15 is 0 Å². The zero-order valence-electron chi connectivity index (χ0n) is 11.8. The molecule has 1 aromatic rings. The van der Waals surface area contributed by atoms with E-state index in [1.165, 1.54) is 0 Å². The molecule has 0 saturated carbocycles. The van der Waals surface area contributed by atoms with Crippen molar-refractivity contribution in [2.75, 3.05) is 30.8 Å². The molecule has 0 saturated heterocycles. The minimum atomic E-state index is 0.448. The zero-order valence-corrected chi connectivity index (χ0v) is 11.8. The molecule has 1 rings (SSSR count).